The molecule has 0 N–H and O–H groups in total. The molecule has 0 bridgehead atoms. The van der Waals surface area contributed by atoms with E-state index in [9.17, 15) is 4.79 Å². The summed E-state index contributed by atoms with van der Waals surface area (Å²) in [7, 11) is 0. The van der Waals surface area contributed by atoms with Gasteiger partial charge in [-0.2, -0.15) is 4.98 Å². The molecule has 0 saturated carbocycles. The summed E-state index contributed by atoms with van der Waals surface area (Å²) in [4.78, 5) is 21.0. The molecule has 0 amide bonds. The number of carbonyl (C=O) groups excluding carboxylic acids is 1. The maximum absolute atomic E-state index is 12.3. The van der Waals surface area contributed by atoms with E-state index in [4.69, 9.17) is 14.0 Å². The van der Waals surface area contributed by atoms with Crippen LogP contribution in [-0.4, -0.2) is 21.1 Å². The average molecular weight is 429 g/mol. The fraction of sp³-hybridized carbons (Fsp3) is 0.200. The monoisotopic (exact) mass is 429 g/mol. The Morgan fingerprint density at radius 3 is 2.69 bits per heavy atom. The van der Waals surface area contributed by atoms with Crippen LogP contribution in [0.25, 0.3) is 11.4 Å². The molecule has 32 heavy (non-hydrogen) atoms. The number of ether oxygens (including phenoxy) is 2. The molecule has 0 aliphatic rings. The lowest BCUT2D eigenvalue weighted by Gasteiger charge is -2.09. The zero-order valence-electron chi connectivity index (χ0n) is 17.9. The highest BCUT2D eigenvalue weighted by Gasteiger charge is 2.19. The van der Waals surface area contributed by atoms with Crippen molar-refractivity contribution in [2.75, 3.05) is 0 Å². The first kappa shape index (κ1) is 21.2. The number of pyridine rings is 1. The Morgan fingerprint density at radius 1 is 1.06 bits per heavy atom. The molecule has 2 aromatic heterocycles. The Bertz CT molecular complexity index is 1170. The molecule has 1 atom stereocenters. The number of hydrogen-bond acceptors (Lipinski definition) is 7. The van der Waals surface area contributed by atoms with Crippen LogP contribution in [0.15, 0.2) is 77.4 Å². The van der Waals surface area contributed by atoms with Crippen molar-refractivity contribution in [3.05, 3.63) is 89.9 Å². The summed E-state index contributed by atoms with van der Waals surface area (Å²) in [6.45, 7) is 3.98. The highest BCUT2D eigenvalue weighted by Crippen LogP contribution is 2.25. The molecular formula is C25H23N3O4. The molecule has 2 aromatic carbocycles. The van der Waals surface area contributed by atoms with Crippen LogP contribution in [0.5, 0.6) is 11.6 Å². The van der Waals surface area contributed by atoms with Crippen molar-refractivity contribution in [1.29, 1.82) is 0 Å². The average Bonchev–Trinajstić information content (AvgIpc) is 3.28. The molecule has 7 heteroatoms. The second-order valence-electron chi connectivity index (χ2n) is 7.51. The van der Waals surface area contributed by atoms with Crippen LogP contribution >= 0.6 is 0 Å². The van der Waals surface area contributed by atoms with E-state index in [1.54, 1.807) is 13.1 Å². The van der Waals surface area contributed by atoms with Gasteiger partial charge in [-0.25, -0.2) is 4.98 Å². The molecule has 0 unspecified atom stereocenters. The van der Waals surface area contributed by atoms with Crippen molar-refractivity contribution >= 4 is 5.97 Å². The van der Waals surface area contributed by atoms with Gasteiger partial charge in [0.25, 0.3) is 0 Å². The van der Waals surface area contributed by atoms with Crippen LogP contribution in [0.1, 0.15) is 23.9 Å². The van der Waals surface area contributed by atoms with Crippen molar-refractivity contribution in [3.63, 3.8) is 0 Å². The molecular weight excluding hydrogens is 406 g/mol. The third-order valence-corrected chi connectivity index (χ3v) is 4.77. The summed E-state index contributed by atoms with van der Waals surface area (Å²) < 4.78 is 16.5. The van der Waals surface area contributed by atoms with Crippen molar-refractivity contribution in [2.45, 2.75) is 26.9 Å². The van der Waals surface area contributed by atoms with Crippen LogP contribution < -0.4 is 4.74 Å². The Hall–Kier alpha value is -4.00. The second kappa shape index (κ2) is 9.87. The molecule has 0 fully saturated rings. The molecule has 0 aliphatic heterocycles. The molecule has 7 nitrogen and oxygen atoms in total. The van der Waals surface area contributed by atoms with Crippen LogP contribution in [0.3, 0.4) is 0 Å². The van der Waals surface area contributed by atoms with Crippen molar-refractivity contribution in [1.82, 2.24) is 15.1 Å². The Labute approximate surface area is 186 Å². The topological polar surface area (TPSA) is 87.3 Å². The first-order valence-electron chi connectivity index (χ1n) is 10.3. The smallest absolute Gasteiger partial charge is 0.309 e. The summed E-state index contributed by atoms with van der Waals surface area (Å²) in [5, 5.41) is 4.04. The summed E-state index contributed by atoms with van der Waals surface area (Å²) in [5.74, 6) is 1.19. The van der Waals surface area contributed by atoms with E-state index in [2.05, 4.69) is 15.1 Å². The first-order valence-corrected chi connectivity index (χ1v) is 10.3. The number of aryl methyl sites for hydroxylation is 1. The summed E-state index contributed by atoms with van der Waals surface area (Å²) in [6, 6.07) is 20.7. The van der Waals surface area contributed by atoms with Gasteiger partial charge < -0.3 is 14.0 Å². The molecule has 0 spiro atoms. The summed E-state index contributed by atoms with van der Waals surface area (Å²) in [6.07, 6.45) is 2.04. The number of hydrogen-bond donors (Lipinski definition) is 0. The molecule has 0 aliphatic carbocycles. The Morgan fingerprint density at radius 2 is 1.91 bits per heavy atom. The Balaban J connectivity index is 1.36. The fourth-order valence-electron chi connectivity index (χ4n) is 3.01. The fourth-order valence-corrected chi connectivity index (χ4v) is 3.01. The quantitative estimate of drug-likeness (QED) is 0.358. The third-order valence-electron chi connectivity index (χ3n) is 4.77. The van der Waals surface area contributed by atoms with E-state index >= 15 is 0 Å². The SMILES string of the molecule is Cc1ccc(Oc2cccc(-c3noc(C[C@H](C)C(=O)OCc4ccccc4)n3)c2)nc1. The lowest BCUT2D eigenvalue weighted by molar-refractivity contribution is -0.149. The molecule has 162 valence electrons. The van der Waals surface area contributed by atoms with Crippen LogP contribution in [0, 0.1) is 12.8 Å². The van der Waals surface area contributed by atoms with E-state index < -0.39 is 5.92 Å². The standard InChI is InChI=1S/C25H23N3O4/c1-17-11-12-22(26-15-17)31-21-10-6-9-20(14-21)24-27-23(32-28-24)13-18(2)25(29)30-16-19-7-4-3-5-8-19/h3-12,14-15,18H,13,16H2,1-2H3/t18-/m0/s1. The highest BCUT2D eigenvalue weighted by atomic mass is 16.5. The van der Waals surface area contributed by atoms with Crippen molar-refractivity contribution in [3.8, 4) is 23.0 Å². The van der Waals surface area contributed by atoms with Gasteiger partial charge in [0, 0.05) is 24.2 Å². The van der Waals surface area contributed by atoms with Gasteiger partial charge in [-0.15, -0.1) is 0 Å². The maximum atomic E-state index is 12.3. The zero-order valence-corrected chi connectivity index (χ0v) is 17.9. The van der Waals surface area contributed by atoms with Crippen LogP contribution in [0.4, 0.5) is 0 Å². The van der Waals surface area contributed by atoms with Gasteiger partial charge >= 0.3 is 5.97 Å². The van der Waals surface area contributed by atoms with Gasteiger partial charge in [-0.1, -0.05) is 60.6 Å². The van der Waals surface area contributed by atoms with E-state index in [1.165, 1.54) is 0 Å². The lowest BCUT2D eigenvalue weighted by Crippen LogP contribution is -2.17. The van der Waals surface area contributed by atoms with Crippen LogP contribution in [0.2, 0.25) is 0 Å². The predicted molar refractivity (Wildman–Crippen MR) is 118 cm³/mol. The summed E-state index contributed by atoms with van der Waals surface area (Å²) >= 11 is 0. The van der Waals surface area contributed by atoms with Gasteiger partial charge in [0.2, 0.25) is 17.6 Å². The largest absolute Gasteiger partial charge is 0.461 e. The van der Waals surface area contributed by atoms with Crippen molar-refractivity contribution < 1.29 is 18.8 Å². The van der Waals surface area contributed by atoms with Gasteiger partial charge in [-0.3, -0.25) is 4.79 Å². The minimum absolute atomic E-state index is 0.238. The van der Waals surface area contributed by atoms with Crippen molar-refractivity contribution in [2.24, 2.45) is 5.92 Å². The Kier molecular flexibility index (Phi) is 6.55. The van der Waals surface area contributed by atoms with E-state index in [-0.39, 0.29) is 12.6 Å². The maximum Gasteiger partial charge on any atom is 0.309 e. The zero-order chi connectivity index (χ0) is 22.3. The molecule has 0 saturated heterocycles. The van der Waals surface area contributed by atoms with Gasteiger partial charge in [0.05, 0.1) is 5.92 Å². The predicted octanol–water partition coefficient (Wildman–Crippen LogP) is 5.15. The number of benzene rings is 2. The highest BCUT2D eigenvalue weighted by molar-refractivity contribution is 5.72. The van der Waals surface area contributed by atoms with Gasteiger partial charge in [0.15, 0.2) is 0 Å². The van der Waals surface area contributed by atoms with Crippen LogP contribution in [-0.2, 0) is 22.6 Å². The van der Waals surface area contributed by atoms with Gasteiger partial charge in [-0.05, 0) is 30.2 Å². The van der Waals surface area contributed by atoms with E-state index in [0.717, 1.165) is 16.7 Å². The normalized spacial score (nSPS) is 11.7. The minimum Gasteiger partial charge on any atom is -0.461 e. The molecule has 2 heterocycles. The first-order chi connectivity index (χ1) is 15.6. The minimum atomic E-state index is -0.408. The third kappa shape index (κ3) is 5.57. The lowest BCUT2D eigenvalue weighted by atomic mass is 10.1. The molecule has 4 rings (SSSR count). The van der Waals surface area contributed by atoms with E-state index in [1.807, 2.05) is 73.7 Å². The number of esters is 1. The summed E-state index contributed by atoms with van der Waals surface area (Å²) in [5.41, 5.74) is 2.74. The second-order valence-corrected chi connectivity index (χ2v) is 7.51. The molecule has 4 aromatic rings. The number of aromatic nitrogens is 3. The number of carbonyl (C=O) groups is 1. The number of nitrogens with zero attached hydrogens (tertiary/aromatic N) is 3. The van der Waals surface area contributed by atoms with E-state index in [0.29, 0.717) is 29.8 Å². The molecule has 0 radical (unpaired) electrons. The number of rotatable bonds is 8. The van der Waals surface area contributed by atoms with Gasteiger partial charge in [0.1, 0.15) is 12.4 Å².